The second-order valence-electron chi connectivity index (χ2n) is 4.34. The first-order valence-corrected chi connectivity index (χ1v) is 7.25. The highest BCUT2D eigenvalue weighted by Crippen LogP contribution is 2.23. The van der Waals surface area contributed by atoms with Crippen LogP contribution in [0.5, 0.6) is 5.75 Å². The topological polar surface area (TPSA) is 32.3 Å². The van der Waals surface area contributed by atoms with Gasteiger partial charge in [-0.15, -0.1) is 0 Å². The maximum Gasteiger partial charge on any atom is 0.115 e. The van der Waals surface area contributed by atoms with Gasteiger partial charge in [-0.2, -0.15) is 0 Å². The fourth-order valence-electron chi connectivity index (χ4n) is 1.78. The van der Waals surface area contributed by atoms with Crippen molar-refractivity contribution in [3.05, 3.63) is 63.1 Å². The Kier molecular flexibility index (Phi) is 5.25. The zero-order valence-electron chi connectivity index (χ0n) is 10.4. The molecule has 0 heterocycles. The fraction of sp³-hybridized carbons (Fsp3) is 0.200. The van der Waals surface area contributed by atoms with Gasteiger partial charge >= 0.3 is 0 Å². The molecule has 2 N–H and O–H groups in total. The molecule has 0 saturated carbocycles. The standard InChI is InChI=1S/C15H15BrClNO/c16-14-9-12(3-6-15(14)17)10-18-8-7-11-1-4-13(19)5-2-11/h1-6,9,18-19H,7-8,10H2. The van der Waals surface area contributed by atoms with Crippen LogP contribution in [0.15, 0.2) is 46.9 Å². The average Bonchev–Trinajstić information content (AvgIpc) is 2.41. The zero-order chi connectivity index (χ0) is 13.7. The molecule has 0 fully saturated rings. The van der Waals surface area contributed by atoms with Crippen LogP contribution >= 0.6 is 27.5 Å². The van der Waals surface area contributed by atoms with E-state index in [0.29, 0.717) is 5.75 Å². The van der Waals surface area contributed by atoms with Crippen molar-refractivity contribution in [3.8, 4) is 5.75 Å². The van der Waals surface area contributed by atoms with Crippen molar-refractivity contribution in [2.24, 2.45) is 0 Å². The van der Waals surface area contributed by atoms with E-state index < -0.39 is 0 Å². The third-order valence-electron chi connectivity index (χ3n) is 2.84. The lowest BCUT2D eigenvalue weighted by Crippen LogP contribution is -2.16. The zero-order valence-corrected chi connectivity index (χ0v) is 12.7. The minimum Gasteiger partial charge on any atom is -0.508 e. The third kappa shape index (κ3) is 4.53. The summed E-state index contributed by atoms with van der Waals surface area (Å²) in [6, 6.07) is 13.2. The minimum absolute atomic E-state index is 0.308. The van der Waals surface area contributed by atoms with Gasteiger partial charge in [0.25, 0.3) is 0 Å². The Labute approximate surface area is 126 Å². The number of halogens is 2. The fourth-order valence-corrected chi connectivity index (χ4v) is 2.32. The smallest absolute Gasteiger partial charge is 0.115 e. The van der Waals surface area contributed by atoms with E-state index in [1.54, 1.807) is 12.1 Å². The molecule has 0 unspecified atom stereocenters. The molecule has 0 aliphatic heterocycles. The highest BCUT2D eigenvalue weighted by atomic mass is 79.9. The minimum atomic E-state index is 0.308. The Morgan fingerprint density at radius 1 is 1.05 bits per heavy atom. The summed E-state index contributed by atoms with van der Waals surface area (Å²) in [5.74, 6) is 0.308. The van der Waals surface area contributed by atoms with Gasteiger partial charge in [0.1, 0.15) is 5.75 Å². The number of benzene rings is 2. The van der Waals surface area contributed by atoms with Gasteiger partial charge in [-0.3, -0.25) is 0 Å². The molecule has 19 heavy (non-hydrogen) atoms. The number of phenols is 1. The SMILES string of the molecule is Oc1ccc(CCNCc2ccc(Cl)c(Br)c2)cc1. The summed E-state index contributed by atoms with van der Waals surface area (Å²) < 4.78 is 0.923. The van der Waals surface area contributed by atoms with Gasteiger partial charge in [0, 0.05) is 11.0 Å². The molecule has 0 radical (unpaired) electrons. The Morgan fingerprint density at radius 2 is 1.74 bits per heavy atom. The van der Waals surface area contributed by atoms with Crippen molar-refractivity contribution in [3.63, 3.8) is 0 Å². The molecule has 0 amide bonds. The molecular formula is C15H15BrClNO. The average molecular weight is 341 g/mol. The van der Waals surface area contributed by atoms with Gasteiger partial charge in [-0.05, 0) is 64.3 Å². The molecule has 4 heteroatoms. The van der Waals surface area contributed by atoms with Crippen LogP contribution in [0.4, 0.5) is 0 Å². The summed E-state index contributed by atoms with van der Waals surface area (Å²) in [4.78, 5) is 0. The van der Waals surface area contributed by atoms with Crippen LogP contribution in [0, 0.1) is 0 Å². The van der Waals surface area contributed by atoms with E-state index in [4.69, 9.17) is 11.6 Å². The van der Waals surface area contributed by atoms with Crippen molar-refractivity contribution in [1.29, 1.82) is 0 Å². The lowest BCUT2D eigenvalue weighted by molar-refractivity contribution is 0.475. The molecule has 0 spiro atoms. The Bertz CT molecular complexity index is 542. The number of phenolic OH excluding ortho intramolecular Hbond substituents is 1. The first-order valence-electron chi connectivity index (χ1n) is 6.08. The lowest BCUT2D eigenvalue weighted by Gasteiger charge is -2.06. The van der Waals surface area contributed by atoms with Crippen molar-refractivity contribution < 1.29 is 5.11 Å². The van der Waals surface area contributed by atoms with Crippen LogP contribution in [0.3, 0.4) is 0 Å². The molecule has 0 aromatic heterocycles. The van der Waals surface area contributed by atoms with Crippen LogP contribution < -0.4 is 5.32 Å². The molecule has 2 aromatic carbocycles. The summed E-state index contributed by atoms with van der Waals surface area (Å²) in [5.41, 5.74) is 2.41. The van der Waals surface area contributed by atoms with Crippen molar-refractivity contribution in [2.75, 3.05) is 6.54 Å². The van der Waals surface area contributed by atoms with Gasteiger partial charge in [0.15, 0.2) is 0 Å². The predicted molar refractivity (Wildman–Crippen MR) is 82.7 cm³/mol. The van der Waals surface area contributed by atoms with Crippen LogP contribution in [-0.4, -0.2) is 11.7 Å². The first kappa shape index (κ1) is 14.4. The molecular weight excluding hydrogens is 326 g/mol. The largest absolute Gasteiger partial charge is 0.508 e. The molecule has 0 saturated heterocycles. The van der Waals surface area contributed by atoms with Crippen molar-refractivity contribution in [1.82, 2.24) is 5.32 Å². The molecule has 0 aliphatic rings. The van der Waals surface area contributed by atoms with Crippen LogP contribution in [0.2, 0.25) is 5.02 Å². The Morgan fingerprint density at radius 3 is 2.42 bits per heavy atom. The molecule has 100 valence electrons. The summed E-state index contributed by atoms with van der Waals surface area (Å²) in [6.07, 6.45) is 0.940. The van der Waals surface area contributed by atoms with Gasteiger partial charge in [0.2, 0.25) is 0 Å². The second-order valence-corrected chi connectivity index (χ2v) is 5.60. The van der Waals surface area contributed by atoms with Gasteiger partial charge in [0.05, 0.1) is 5.02 Å². The molecule has 0 atom stereocenters. The molecule has 2 aromatic rings. The normalized spacial score (nSPS) is 10.6. The maximum absolute atomic E-state index is 9.19. The first-order chi connectivity index (χ1) is 9.15. The lowest BCUT2D eigenvalue weighted by atomic mass is 10.1. The summed E-state index contributed by atoms with van der Waals surface area (Å²) in [5, 5.41) is 13.3. The summed E-state index contributed by atoms with van der Waals surface area (Å²) in [6.45, 7) is 1.71. The molecule has 2 rings (SSSR count). The number of rotatable bonds is 5. The van der Waals surface area contributed by atoms with Gasteiger partial charge < -0.3 is 10.4 Å². The highest BCUT2D eigenvalue weighted by molar-refractivity contribution is 9.10. The van der Waals surface area contributed by atoms with Crippen LogP contribution in [0.25, 0.3) is 0 Å². The summed E-state index contributed by atoms with van der Waals surface area (Å²) in [7, 11) is 0. The quantitative estimate of drug-likeness (QED) is 0.802. The Hall–Kier alpha value is -1.03. The van der Waals surface area contributed by atoms with Crippen molar-refractivity contribution >= 4 is 27.5 Å². The van der Waals surface area contributed by atoms with Gasteiger partial charge in [-0.1, -0.05) is 29.8 Å². The van der Waals surface area contributed by atoms with Crippen LogP contribution in [-0.2, 0) is 13.0 Å². The maximum atomic E-state index is 9.19. The van der Waals surface area contributed by atoms with E-state index in [2.05, 4.69) is 21.2 Å². The number of aromatic hydroxyl groups is 1. The predicted octanol–water partition coefficient (Wildman–Crippen LogP) is 4.14. The van der Waals surface area contributed by atoms with E-state index in [9.17, 15) is 5.11 Å². The van der Waals surface area contributed by atoms with E-state index >= 15 is 0 Å². The number of hydrogen-bond donors (Lipinski definition) is 2. The molecule has 0 aliphatic carbocycles. The number of hydrogen-bond acceptors (Lipinski definition) is 2. The molecule has 0 bridgehead atoms. The monoisotopic (exact) mass is 339 g/mol. The highest BCUT2D eigenvalue weighted by Gasteiger charge is 1.99. The molecule has 2 nitrogen and oxygen atoms in total. The van der Waals surface area contributed by atoms with E-state index in [1.807, 2.05) is 30.3 Å². The van der Waals surface area contributed by atoms with E-state index in [0.717, 1.165) is 29.0 Å². The van der Waals surface area contributed by atoms with Crippen LogP contribution in [0.1, 0.15) is 11.1 Å². The summed E-state index contributed by atoms with van der Waals surface area (Å²) >= 11 is 9.36. The van der Waals surface area contributed by atoms with E-state index in [1.165, 1.54) is 11.1 Å². The van der Waals surface area contributed by atoms with Gasteiger partial charge in [-0.25, -0.2) is 0 Å². The third-order valence-corrected chi connectivity index (χ3v) is 4.05. The second kappa shape index (κ2) is 6.94. The number of nitrogens with one attached hydrogen (secondary N) is 1. The Balaban J connectivity index is 1.77. The van der Waals surface area contributed by atoms with E-state index in [-0.39, 0.29) is 0 Å². The van der Waals surface area contributed by atoms with Crippen molar-refractivity contribution in [2.45, 2.75) is 13.0 Å².